The highest BCUT2D eigenvalue weighted by molar-refractivity contribution is 7.91. The number of halogens is 1. The second-order valence-corrected chi connectivity index (χ2v) is 9.80. The van der Waals surface area contributed by atoms with Gasteiger partial charge in [-0.25, -0.2) is 21.6 Å². The third kappa shape index (κ3) is 6.19. The van der Waals surface area contributed by atoms with Crippen molar-refractivity contribution in [2.45, 2.75) is 4.21 Å². The first-order valence-corrected chi connectivity index (χ1v) is 10.4. The van der Waals surface area contributed by atoms with E-state index < -0.39 is 20.0 Å². The van der Waals surface area contributed by atoms with Gasteiger partial charge in [-0.2, -0.15) is 4.31 Å². The van der Waals surface area contributed by atoms with Crippen LogP contribution in [0.15, 0.2) is 16.3 Å². The maximum Gasteiger partial charge on any atom is 0.250 e. The van der Waals surface area contributed by atoms with Crippen molar-refractivity contribution >= 4 is 43.0 Å². The molecule has 0 radical (unpaired) electrons. The zero-order chi connectivity index (χ0) is 16.1. The van der Waals surface area contributed by atoms with Crippen molar-refractivity contribution in [3.63, 3.8) is 0 Å². The summed E-state index contributed by atoms with van der Waals surface area (Å²) in [6.45, 7) is 0.400. The van der Waals surface area contributed by atoms with Gasteiger partial charge in [0, 0.05) is 26.7 Å². The van der Waals surface area contributed by atoms with Gasteiger partial charge >= 0.3 is 0 Å². The first kappa shape index (κ1) is 18.8. The fourth-order valence-corrected chi connectivity index (χ4v) is 4.83. The van der Waals surface area contributed by atoms with E-state index in [9.17, 15) is 16.8 Å². The van der Waals surface area contributed by atoms with Crippen molar-refractivity contribution in [2.75, 3.05) is 39.6 Å². The van der Waals surface area contributed by atoms with Crippen LogP contribution in [0, 0.1) is 0 Å². The van der Waals surface area contributed by atoms with Gasteiger partial charge < -0.3 is 4.74 Å². The van der Waals surface area contributed by atoms with Gasteiger partial charge in [-0.05, 0) is 12.1 Å². The molecule has 0 spiro atoms. The number of hydrogen-bond acceptors (Lipinski definition) is 6. The molecule has 11 heteroatoms. The Morgan fingerprint density at radius 2 is 1.95 bits per heavy atom. The second-order valence-electron chi connectivity index (χ2n) is 4.11. The third-order valence-electron chi connectivity index (χ3n) is 2.48. The average molecular weight is 377 g/mol. The van der Waals surface area contributed by atoms with Crippen LogP contribution in [0.1, 0.15) is 0 Å². The summed E-state index contributed by atoms with van der Waals surface area (Å²) in [5, 5.41) is 0. The predicted octanol–water partition coefficient (Wildman–Crippen LogP) is 0.588. The van der Waals surface area contributed by atoms with Crippen molar-refractivity contribution in [1.82, 2.24) is 9.03 Å². The maximum absolute atomic E-state index is 11.9. The van der Waals surface area contributed by atoms with E-state index in [-0.39, 0.29) is 30.5 Å². The van der Waals surface area contributed by atoms with Gasteiger partial charge in [-0.1, -0.05) is 11.6 Å². The highest BCUT2D eigenvalue weighted by Gasteiger charge is 2.19. The highest BCUT2D eigenvalue weighted by Crippen LogP contribution is 2.25. The number of sulfonamides is 2. The number of nitrogens with zero attached hydrogens (tertiary/aromatic N) is 1. The molecule has 0 aliphatic rings. The van der Waals surface area contributed by atoms with E-state index in [4.69, 9.17) is 16.3 Å². The minimum atomic E-state index is -3.67. The van der Waals surface area contributed by atoms with Crippen molar-refractivity contribution in [3.05, 3.63) is 16.5 Å². The Morgan fingerprint density at radius 1 is 1.29 bits per heavy atom. The smallest absolute Gasteiger partial charge is 0.250 e. The molecule has 1 aromatic heterocycles. The number of methoxy groups -OCH3 is 1. The van der Waals surface area contributed by atoms with Crippen LogP contribution < -0.4 is 4.72 Å². The fraction of sp³-hybridized carbons (Fsp3) is 0.600. The Kier molecular flexibility index (Phi) is 7.04. The summed E-state index contributed by atoms with van der Waals surface area (Å²) in [7, 11) is -5.62. The molecule has 0 fully saturated rings. The van der Waals surface area contributed by atoms with E-state index in [1.165, 1.54) is 19.2 Å². The summed E-state index contributed by atoms with van der Waals surface area (Å²) in [6, 6.07) is 2.89. The van der Waals surface area contributed by atoms with Crippen molar-refractivity contribution in [1.29, 1.82) is 0 Å². The molecular formula is C10H17ClN2O5S3. The molecular weight excluding hydrogens is 360 g/mol. The van der Waals surface area contributed by atoms with Crippen LogP contribution in [0.5, 0.6) is 0 Å². The van der Waals surface area contributed by atoms with Crippen molar-refractivity contribution < 1.29 is 21.6 Å². The standard InChI is InChI=1S/C10H17ClN2O5S3/c1-18-8-7-13(20(2,14)15)6-5-12-21(16,17)10-4-3-9(11)19-10/h3-4,12H,5-8H2,1-2H3. The molecule has 0 saturated carbocycles. The quantitative estimate of drug-likeness (QED) is 0.680. The molecule has 1 rings (SSSR count). The summed E-state index contributed by atoms with van der Waals surface area (Å²) in [5.41, 5.74) is 0. The van der Waals surface area contributed by atoms with Gasteiger partial charge in [0.2, 0.25) is 20.0 Å². The Hall–Kier alpha value is -0.230. The minimum Gasteiger partial charge on any atom is -0.383 e. The molecule has 1 heterocycles. The number of nitrogens with one attached hydrogen (secondary N) is 1. The molecule has 0 amide bonds. The SMILES string of the molecule is COCCN(CCNS(=O)(=O)c1ccc(Cl)s1)S(C)(=O)=O. The molecule has 0 atom stereocenters. The molecule has 1 N–H and O–H groups in total. The average Bonchev–Trinajstić information content (AvgIpc) is 2.79. The maximum atomic E-state index is 11.9. The number of thiophene rings is 1. The van der Waals surface area contributed by atoms with E-state index in [1.54, 1.807) is 0 Å². The van der Waals surface area contributed by atoms with Crippen LogP contribution >= 0.6 is 22.9 Å². The van der Waals surface area contributed by atoms with Gasteiger partial charge in [0.25, 0.3) is 0 Å². The van der Waals surface area contributed by atoms with Crippen LogP contribution in [0.3, 0.4) is 0 Å². The van der Waals surface area contributed by atoms with Gasteiger partial charge in [-0.3, -0.25) is 0 Å². The lowest BCUT2D eigenvalue weighted by molar-refractivity contribution is 0.179. The van der Waals surface area contributed by atoms with Gasteiger partial charge in [0.1, 0.15) is 4.21 Å². The minimum absolute atomic E-state index is 0.0283. The first-order chi connectivity index (χ1) is 9.66. The van der Waals surface area contributed by atoms with E-state index in [0.717, 1.165) is 21.9 Å². The number of ether oxygens (including phenoxy) is 1. The van der Waals surface area contributed by atoms with Gasteiger partial charge in [0.05, 0.1) is 17.2 Å². The Labute approximate surface area is 134 Å². The monoisotopic (exact) mass is 376 g/mol. The molecule has 1 aromatic rings. The summed E-state index contributed by atoms with van der Waals surface area (Å²) in [5.74, 6) is 0. The van der Waals surface area contributed by atoms with Crippen LogP contribution in [0.4, 0.5) is 0 Å². The van der Waals surface area contributed by atoms with E-state index in [0.29, 0.717) is 4.34 Å². The zero-order valence-corrected chi connectivity index (χ0v) is 14.8. The normalized spacial score (nSPS) is 13.0. The molecule has 0 unspecified atom stereocenters. The van der Waals surface area contributed by atoms with Crippen LogP contribution in [0.2, 0.25) is 4.34 Å². The predicted molar refractivity (Wildman–Crippen MR) is 82.8 cm³/mol. The molecule has 122 valence electrons. The Morgan fingerprint density at radius 3 is 2.43 bits per heavy atom. The van der Waals surface area contributed by atoms with Gasteiger partial charge in [-0.15, -0.1) is 11.3 Å². The zero-order valence-electron chi connectivity index (χ0n) is 11.6. The largest absolute Gasteiger partial charge is 0.383 e. The van der Waals surface area contributed by atoms with Crippen LogP contribution in [0.25, 0.3) is 0 Å². The lowest BCUT2D eigenvalue weighted by Crippen LogP contribution is -2.39. The topological polar surface area (TPSA) is 92.8 Å². The summed E-state index contributed by atoms with van der Waals surface area (Å²) < 4.78 is 55.8. The summed E-state index contributed by atoms with van der Waals surface area (Å²) in [4.78, 5) is 0. The molecule has 0 bridgehead atoms. The molecule has 0 aliphatic heterocycles. The Balaban J connectivity index is 2.61. The van der Waals surface area contributed by atoms with Crippen molar-refractivity contribution in [2.24, 2.45) is 0 Å². The van der Waals surface area contributed by atoms with Crippen LogP contribution in [-0.2, 0) is 24.8 Å². The lowest BCUT2D eigenvalue weighted by atomic mass is 10.6. The third-order valence-corrected chi connectivity index (χ3v) is 6.97. The summed E-state index contributed by atoms with van der Waals surface area (Å²) >= 11 is 6.63. The van der Waals surface area contributed by atoms with Crippen molar-refractivity contribution in [3.8, 4) is 0 Å². The molecule has 0 aliphatic carbocycles. The highest BCUT2D eigenvalue weighted by atomic mass is 35.5. The molecule has 0 saturated heterocycles. The van der Waals surface area contributed by atoms with Crippen LogP contribution in [-0.4, -0.2) is 60.7 Å². The van der Waals surface area contributed by atoms with E-state index >= 15 is 0 Å². The van der Waals surface area contributed by atoms with Gasteiger partial charge in [0.15, 0.2) is 0 Å². The second kappa shape index (κ2) is 7.86. The fourth-order valence-electron chi connectivity index (χ4n) is 1.45. The summed E-state index contributed by atoms with van der Waals surface area (Å²) in [6.07, 6.45) is 1.07. The Bertz CT molecular complexity index is 656. The van der Waals surface area contributed by atoms with E-state index in [1.807, 2.05) is 0 Å². The molecule has 7 nitrogen and oxygen atoms in total. The number of rotatable bonds is 9. The van der Waals surface area contributed by atoms with E-state index in [2.05, 4.69) is 4.72 Å². The first-order valence-electron chi connectivity index (χ1n) is 5.86. The number of hydrogen-bond donors (Lipinski definition) is 1. The lowest BCUT2D eigenvalue weighted by Gasteiger charge is -2.19. The molecule has 21 heavy (non-hydrogen) atoms. The molecule has 0 aromatic carbocycles.